The van der Waals surface area contributed by atoms with E-state index in [0.717, 1.165) is 0 Å². The molecule has 4 nitrogen and oxygen atoms in total. The fraction of sp³-hybridized carbons (Fsp3) is 0.125. The molecule has 0 aromatic heterocycles. The van der Waals surface area contributed by atoms with E-state index >= 15 is 0 Å². The van der Waals surface area contributed by atoms with Crippen LogP contribution in [0.5, 0.6) is 11.5 Å². The Hall–Kier alpha value is -2.80. The number of nitrogens with zero attached hydrogens (tertiary/aromatic N) is 1. The molecular formula is C16H13NO3. The van der Waals surface area contributed by atoms with Crippen LogP contribution in [0.4, 0.5) is 0 Å². The Morgan fingerprint density at radius 3 is 2.30 bits per heavy atom. The standard InChI is InChI=1S/C16H13NO3/c1-19-13-8-4-3-7-12(13)16(18)15-11(10-17)6-5-9-14(15)20-2/h3-9H,1-2H3. The van der Waals surface area contributed by atoms with Crippen molar-refractivity contribution in [2.75, 3.05) is 14.2 Å². The van der Waals surface area contributed by atoms with Gasteiger partial charge in [0.1, 0.15) is 17.6 Å². The lowest BCUT2D eigenvalue weighted by Gasteiger charge is -2.11. The molecule has 0 amide bonds. The van der Waals surface area contributed by atoms with E-state index < -0.39 is 0 Å². The summed E-state index contributed by atoms with van der Waals surface area (Å²) in [6, 6.07) is 13.8. The van der Waals surface area contributed by atoms with Crippen molar-refractivity contribution in [2.45, 2.75) is 0 Å². The summed E-state index contributed by atoms with van der Waals surface area (Å²) in [7, 11) is 2.97. The Morgan fingerprint density at radius 1 is 1.00 bits per heavy atom. The Labute approximate surface area is 117 Å². The second kappa shape index (κ2) is 5.89. The monoisotopic (exact) mass is 267 g/mol. The van der Waals surface area contributed by atoms with Crippen LogP contribution in [0.25, 0.3) is 0 Å². The van der Waals surface area contributed by atoms with E-state index in [1.54, 1.807) is 42.5 Å². The van der Waals surface area contributed by atoms with Crippen LogP contribution < -0.4 is 9.47 Å². The molecule has 100 valence electrons. The maximum absolute atomic E-state index is 12.7. The first kappa shape index (κ1) is 13.6. The smallest absolute Gasteiger partial charge is 0.201 e. The summed E-state index contributed by atoms with van der Waals surface area (Å²) in [4.78, 5) is 12.7. The van der Waals surface area contributed by atoms with Crippen LogP contribution in [0.15, 0.2) is 42.5 Å². The van der Waals surface area contributed by atoms with E-state index in [0.29, 0.717) is 17.1 Å². The van der Waals surface area contributed by atoms with Crippen molar-refractivity contribution in [3.05, 3.63) is 59.2 Å². The second-order valence-electron chi connectivity index (χ2n) is 4.02. The lowest BCUT2D eigenvalue weighted by molar-refractivity contribution is 0.103. The summed E-state index contributed by atoms with van der Waals surface area (Å²) in [5, 5.41) is 9.17. The van der Waals surface area contributed by atoms with Gasteiger partial charge in [0.05, 0.1) is 30.9 Å². The van der Waals surface area contributed by atoms with E-state index in [2.05, 4.69) is 0 Å². The Bertz CT molecular complexity index is 686. The molecule has 0 spiro atoms. The van der Waals surface area contributed by atoms with E-state index in [-0.39, 0.29) is 16.9 Å². The molecule has 0 aliphatic rings. The highest BCUT2D eigenvalue weighted by Gasteiger charge is 2.21. The van der Waals surface area contributed by atoms with E-state index in [1.165, 1.54) is 14.2 Å². The molecule has 0 unspecified atom stereocenters. The van der Waals surface area contributed by atoms with Crippen molar-refractivity contribution in [3.8, 4) is 17.6 Å². The van der Waals surface area contributed by atoms with Crippen LogP contribution >= 0.6 is 0 Å². The van der Waals surface area contributed by atoms with Gasteiger partial charge in [-0.05, 0) is 24.3 Å². The van der Waals surface area contributed by atoms with Gasteiger partial charge in [0, 0.05) is 0 Å². The van der Waals surface area contributed by atoms with Crippen molar-refractivity contribution in [1.29, 1.82) is 5.26 Å². The van der Waals surface area contributed by atoms with Crippen LogP contribution in [0.3, 0.4) is 0 Å². The number of carbonyl (C=O) groups is 1. The van der Waals surface area contributed by atoms with Gasteiger partial charge >= 0.3 is 0 Å². The van der Waals surface area contributed by atoms with E-state index in [4.69, 9.17) is 9.47 Å². The number of para-hydroxylation sites is 1. The number of carbonyl (C=O) groups excluding carboxylic acids is 1. The molecule has 2 aromatic rings. The highest BCUT2D eigenvalue weighted by molar-refractivity contribution is 6.13. The first-order chi connectivity index (χ1) is 9.72. The zero-order chi connectivity index (χ0) is 14.5. The molecular weight excluding hydrogens is 254 g/mol. The maximum Gasteiger partial charge on any atom is 0.201 e. The number of ether oxygens (including phenoxy) is 2. The second-order valence-corrected chi connectivity index (χ2v) is 4.02. The highest BCUT2D eigenvalue weighted by atomic mass is 16.5. The summed E-state index contributed by atoms with van der Waals surface area (Å²) < 4.78 is 10.4. The predicted octanol–water partition coefficient (Wildman–Crippen LogP) is 2.81. The summed E-state index contributed by atoms with van der Waals surface area (Å²) in [5.74, 6) is 0.545. The van der Waals surface area contributed by atoms with Gasteiger partial charge in [-0.2, -0.15) is 5.26 Å². The number of ketones is 1. The van der Waals surface area contributed by atoms with Gasteiger partial charge in [-0.1, -0.05) is 18.2 Å². The molecule has 0 aliphatic carbocycles. The molecule has 0 fully saturated rings. The van der Waals surface area contributed by atoms with Crippen molar-refractivity contribution < 1.29 is 14.3 Å². The van der Waals surface area contributed by atoms with Crippen LogP contribution in [0.1, 0.15) is 21.5 Å². The van der Waals surface area contributed by atoms with Gasteiger partial charge in [0.2, 0.25) is 5.78 Å². The van der Waals surface area contributed by atoms with Crippen LogP contribution in [0, 0.1) is 11.3 Å². The molecule has 0 heterocycles. The average Bonchev–Trinajstić information content (AvgIpc) is 2.53. The van der Waals surface area contributed by atoms with Gasteiger partial charge in [-0.3, -0.25) is 4.79 Å². The molecule has 0 atom stereocenters. The number of benzene rings is 2. The summed E-state index contributed by atoms with van der Waals surface area (Å²) in [5.41, 5.74) is 0.929. The fourth-order valence-electron chi connectivity index (χ4n) is 2.00. The number of nitriles is 1. The Balaban J connectivity index is 2.62. The molecule has 2 aromatic carbocycles. The lowest BCUT2D eigenvalue weighted by atomic mass is 9.97. The minimum absolute atomic E-state index is 0.252. The third-order valence-corrected chi connectivity index (χ3v) is 2.95. The van der Waals surface area contributed by atoms with Crippen molar-refractivity contribution in [2.24, 2.45) is 0 Å². The SMILES string of the molecule is COc1ccccc1C(=O)c1c(C#N)cccc1OC. The molecule has 0 saturated heterocycles. The lowest BCUT2D eigenvalue weighted by Crippen LogP contribution is -2.08. The molecule has 0 bridgehead atoms. The normalized spacial score (nSPS) is 9.65. The van der Waals surface area contributed by atoms with Crippen molar-refractivity contribution >= 4 is 5.78 Å². The Morgan fingerprint density at radius 2 is 1.65 bits per heavy atom. The number of hydrogen-bond donors (Lipinski definition) is 0. The summed E-state index contributed by atoms with van der Waals surface area (Å²) in [6.45, 7) is 0. The largest absolute Gasteiger partial charge is 0.496 e. The van der Waals surface area contributed by atoms with E-state index in [9.17, 15) is 10.1 Å². The minimum Gasteiger partial charge on any atom is -0.496 e. The Kier molecular flexibility index (Phi) is 4.02. The quantitative estimate of drug-likeness (QED) is 0.799. The van der Waals surface area contributed by atoms with Gasteiger partial charge in [-0.25, -0.2) is 0 Å². The van der Waals surface area contributed by atoms with Crippen LogP contribution in [-0.2, 0) is 0 Å². The zero-order valence-corrected chi connectivity index (χ0v) is 11.2. The van der Waals surface area contributed by atoms with E-state index in [1.807, 2.05) is 6.07 Å². The molecule has 0 saturated carbocycles. The third-order valence-electron chi connectivity index (χ3n) is 2.95. The molecule has 0 radical (unpaired) electrons. The number of methoxy groups -OCH3 is 2. The maximum atomic E-state index is 12.7. The molecule has 2 rings (SSSR count). The van der Waals surface area contributed by atoms with Crippen molar-refractivity contribution in [1.82, 2.24) is 0 Å². The van der Waals surface area contributed by atoms with Crippen molar-refractivity contribution in [3.63, 3.8) is 0 Å². The topological polar surface area (TPSA) is 59.3 Å². The summed E-state index contributed by atoms with van der Waals surface area (Å²) in [6.07, 6.45) is 0. The predicted molar refractivity (Wildman–Crippen MR) is 74.1 cm³/mol. The number of rotatable bonds is 4. The first-order valence-electron chi connectivity index (χ1n) is 5.97. The van der Waals surface area contributed by atoms with Gasteiger partial charge in [0.25, 0.3) is 0 Å². The van der Waals surface area contributed by atoms with Gasteiger partial charge < -0.3 is 9.47 Å². The number of hydrogen-bond acceptors (Lipinski definition) is 4. The van der Waals surface area contributed by atoms with Gasteiger partial charge in [0.15, 0.2) is 0 Å². The average molecular weight is 267 g/mol. The zero-order valence-electron chi connectivity index (χ0n) is 11.2. The van der Waals surface area contributed by atoms with Crippen LogP contribution in [-0.4, -0.2) is 20.0 Å². The molecule has 0 N–H and O–H groups in total. The fourth-order valence-corrected chi connectivity index (χ4v) is 2.00. The third kappa shape index (κ3) is 2.34. The minimum atomic E-state index is -0.295. The van der Waals surface area contributed by atoms with Crippen LogP contribution in [0.2, 0.25) is 0 Å². The molecule has 0 aliphatic heterocycles. The molecule has 20 heavy (non-hydrogen) atoms. The van der Waals surface area contributed by atoms with Gasteiger partial charge in [-0.15, -0.1) is 0 Å². The molecule has 4 heteroatoms. The summed E-state index contributed by atoms with van der Waals surface area (Å²) >= 11 is 0. The highest BCUT2D eigenvalue weighted by Crippen LogP contribution is 2.28. The first-order valence-corrected chi connectivity index (χ1v) is 5.97.